The van der Waals surface area contributed by atoms with Crippen LogP contribution in [0.3, 0.4) is 0 Å². The van der Waals surface area contributed by atoms with E-state index >= 15 is 0 Å². The number of hydrogen-bond donors (Lipinski definition) is 3. The van der Waals surface area contributed by atoms with E-state index in [4.69, 9.17) is 24.2 Å². The van der Waals surface area contributed by atoms with Gasteiger partial charge in [0.25, 0.3) is 0 Å². The number of nitrogens with one attached hydrogen (secondary N) is 2. The van der Waals surface area contributed by atoms with Crippen LogP contribution in [-0.2, 0) is 19.1 Å². The van der Waals surface area contributed by atoms with Crippen molar-refractivity contribution < 1.29 is 38.5 Å². The Hall–Kier alpha value is -4.72. The van der Waals surface area contributed by atoms with Gasteiger partial charge in [0.2, 0.25) is 11.8 Å². The van der Waals surface area contributed by atoms with Crippen LogP contribution in [-0.4, -0.2) is 86.8 Å². The summed E-state index contributed by atoms with van der Waals surface area (Å²) in [5.74, 6) is -1.11. The number of methoxy groups -OCH3 is 1. The summed E-state index contributed by atoms with van der Waals surface area (Å²) in [5.41, 5.74) is 0.815. The number of thiazole rings is 1. The summed E-state index contributed by atoms with van der Waals surface area (Å²) in [6.07, 6.45) is 6.16. The summed E-state index contributed by atoms with van der Waals surface area (Å²) < 4.78 is 17.9. The lowest BCUT2D eigenvalue weighted by atomic mass is 10.0. The zero-order chi connectivity index (χ0) is 38.9. The van der Waals surface area contributed by atoms with E-state index in [1.807, 2.05) is 42.7 Å². The third kappa shape index (κ3) is 8.33. The number of aliphatic carboxylic acids is 1. The third-order valence-corrected chi connectivity index (χ3v) is 11.2. The maximum Gasteiger partial charge on any atom is 0.408 e. The molecule has 6 rings (SSSR count). The van der Waals surface area contributed by atoms with Crippen molar-refractivity contribution in [1.29, 1.82) is 0 Å². The molecule has 1 saturated heterocycles. The van der Waals surface area contributed by atoms with Crippen molar-refractivity contribution in [3.05, 3.63) is 47.0 Å². The molecule has 2 aliphatic heterocycles. The quantitative estimate of drug-likeness (QED) is 0.226. The van der Waals surface area contributed by atoms with Gasteiger partial charge in [0.15, 0.2) is 0 Å². The summed E-state index contributed by atoms with van der Waals surface area (Å²) >= 11 is 1.49. The van der Waals surface area contributed by atoms with E-state index in [-0.39, 0.29) is 31.2 Å². The van der Waals surface area contributed by atoms with Crippen LogP contribution < -0.4 is 20.1 Å². The second kappa shape index (κ2) is 15.6. The highest BCUT2D eigenvalue weighted by atomic mass is 32.1. The Kier molecular flexibility index (Phi) is 11.2. The van der Waals surface area contributed by atoms with E-state index in [2.05, 4.69) is 24.5 Å². The average molecular weight is 762 g/mol. The molecular formula is C40H51N5O8S. The van der Waals surface area contributed by atoms with Gasteiger partial charge in [-0.3, -0.25) is 9.59 Å². The maximum atomic E-state index is 14.5. The van der Waals surface area contributed by atoms with Crippen molar-refractivity contribution in [2.75, 3.05) is 13.7 Å². The highest BCUT2D eigenvalue weighted by Crippen LogP contribution is 2.46. The van der Waals surface area contributed by atoms with E-state index in [1.54, 1.807) is 27.9 Å². The molecule has 2 fully saturated rings. The van der Waals surface area contributed by atoms with Gasteiger partial charge >= 0.3 is 12.1 Å². The molecule has 1 aliphatic carbocycles. The van der Waals surface area contributed by atoms with E-state index in [9.17, 15) is 24.3 Å². The first-order chi connectivity index (χ1) is 25.6. The van der Waals surface area contributed by atoms with Crippen LogP contribution in [0.5, 0.6) is 11.5 Å². The van der Waals surface area contributed by atoms with Crippen molar-refractivity contribution >= 4 is 46.1 Å². The van der Waals surface area contributed by atoms with Crippen molar-refractivity contribution in [2.45, 2.75) is 122 Å². The number of pyridine rings is 1. The number of alkyl carbamates (subject to hydrolysis) is 1. The first-order valence-corrected chi connectivity index (χ1v) is 19.6. The fourth-order valence-electron chi connectivity index (χ4n) is 7.25. The topological polar surface area (TPSA) is 169 Å². The fourth-order valence-corrected chi connectivity index (χ4v) is 8.19. The predicted octanol–water partition coefficient (Wildman–Crippen LogP) is 6.52. The standard InChI is InChI=1S/C40H51N5O8S/c1-22(2)29-21-54-35(42-29)28-18-32(26-15-16-31(51-7)23(3)33(26)41-28)52-25-17-30-34(46)44-40(37(48)49)19-24(40)13-11-9-8-10-12-14-27(36(47)45(30)20-25)43-38(50)53-39(4,5)6/h11,13,15-16,18,21-22,24-25,27,30H,8-10,12,14,17,19-20H2,1-7H3,(H,43,50)(H,44,46)(H,48,49)/b13-11-/t24-,25?,27+,30+,40-/m1/s1. The number of nitrogens with zero attached hydrogens (tertiary/aromatic N) is 3. The smallest absolute Gasteiger partial charge is 0.408 e. The summed E-state index contributed by atoms with van der Waals surface area (Å²) in [7, 11) is 1.60. The number of aryl methyl sites for hydroxylation is 1. The molecule has 2 aromatic heterocycles. The highest BCUT2D eigenvalue weighted by Gasteiger charge is 2.61. The van der Waals surface area contributed by atoms with Crippen LogP contribution in [0.2, 0.25) is 0 Å². The summed E-state index contributed by atoms with van der Waals surface area (Å²) in [5, 5.41) is 19.3. The molecule has 3 aliphatic rings. The lowest BCUT2D eigenvalue weighted by molar-refractivity contribution is -0.145. The van der Waals surface area contributed by atoms with E-state index in [1.165, 1.54) is 16.2 Å². The Balaban J connectivity index is 1.37. The summed E-state index contributed by atoms with van der Waals surface area (Å²) in [6.45, 7) is 11.3. The number of carboxylic acids is 1. The number of allylic oxidation sites excluding steroid dienone is 1. The normalized spacial score (nSPS) is 25.5. The number of carbonyl (C=O) groups excluding carboxylic acids is 3. The van der Waals surface area contributed by atoms with Crippen LogP contribution in [0.15, 0.2) is 35.7 Å². The average Bonchev–Trinajstić information content (AvgIpc) is 3.40. The van der Waals surface area contributed by atoms with Gasteiger partial charge in [-0.25, -0.2) is 19.6 Å². The van der Waals surface area contributed by atoms with Gasteiger partial charge < -0.3 is 34.9 Å². The van der Waals surface area contributed by atoms with Gasteiger partial charge in [0, 0.05) is 34.7 Å². The lowest BCUT2D eigenvalue weighted by Gasteiger charge is -2.30. The van der Waals surface area contributed by atoms with Crippen LogP contribution in [0, 0.1) is 12.8 Å². The number of rotatable bonds is 7. The molecule has 0 radical (unpaired) electrons. The SMILES string of the molecule is COc1ccc2c(OC3C[C@H]4C(=O)N[C@]5(C(=O)O)C[C@H]5/C=C\CCCCC[C@H](NC(=O)OC(C)(C)C)C(=O)N4C3)cc(-c3nc(C(C)C)cs3)nc2c1C. The zero-order valence-electron chi connectivity index (χ0n) is 32.1. The van der Waals surface area contributed by atoms with Gasteiger partial charge in [-0.1, -0.05) is 38.8 Å². The third-order valence-electron chi connectivity index (χ3n) is 10.3. The van der Waals surface area contributed by atoms with Crippen LogP contribution in [0.1, 0.15) is 96.7 Å². The molecule has 54 heavy (non-hydrogen) atoms. The number of fused-ring (bicyclic) bond motifs is 3. The van der Waals surface area contributed by atoms with Crippen molar-refractivity contribution in [3.8, 4) is 22.2 Å². The van der Waals surface area contributed by atoms with Crippen LogP contribution >= 0.6 is 11.3 Å². The molecule has 5 atom stereocenters. The number of amides is 3. The Labute approximate surface area is 319 Å². The number of carbonyl (C=O) groups is 4. The Morgan fingerprint density at radius 1 is 1.13 bits per heavy atom. The molecule has 13 nitrogen and oxygen atoms in total. The molecule has 3 aromatic rings. The fraction of sp³-hybridized carbons (Fsp3) is 0.550. The van der Waals surface area contributed by atoms with Gasteiger partial charge in [-0.05, 0) is 71.4 Å². The molecule has 0 spiro atoms. The van der Waals surface area contributed by atoms with Crippen LogP contribution in [0.25, 0.3) is 21.6 Å². The monoisotopic (exact) mass is 761 g/mol. The minimum absolute atomic E-state index is 0.0237. The molecule has 0 bridgehead atoms. The number of carboxylic acid groups (broad SMARTS) is 1. The second-order valence-electron chi connectivity index (χ2n) is 15.9. The van der Waals surface area contributed by atoms with E-state index in [0.29, 0.717) is 35.6 Å². The molecule has 1 unspecified atom stereocenters. The Morgan fingerprint density at radius 3 is 2.59 bits per heavy atom. The molecular weight excluding hydrogens is 711 g/mol. The maximum absolute atomic E-state index is 14.5. The van der Waals surface area contributed by atoms with E-state index < -0.39 is 53.2 Å². The predicted molar refractivity (Wildman–Crippen MR) is 205 cm³/mol. The van der Waals surface area contributed by atoms with Crippen LogP contribution in [0.4, 0.5) is 4.79 Å². The molecule has 1 aromatic carbocycles. The Bertz CT molecular complexity index is 1950. The Morgan fingerprint density at radius 2 is 1.91 bits per heavy atom. The molecule has 3 amide bonds. The van der Waals surface area contributed by atoms with Crippen molar-refractivity contribution in [1.82, 2.24) is 25.5 Å². The van der Waals surface area contributed by atoms with Gasteiger partial charge in [0.1, 0.15) is 51.5 Å². The molecule has 4 heterocycles. The summed E-state index contributed by atoms with van der Waals surface area (Å²) in [4.78, 5) is 65.5. The molecule has 290 valence electrons. The highest BCUT2D eigenvalue weighted by molar-refractivity contribution is 7.13. The molecule has 1 saturated carbocycles. The minimum atomic E-state index is -1.45. The first kappa shape index (κ1) is 39.0. The lowest BCUT2D eigenvalue weighted by Crippen LogP contribution is -2.56. The second-order valence-corrected chi connectivity index (χ2v) is 16.7. The minimum Gasteiger partial charge on any atom is -0.496 e. The van der Waals surface area contributed by atoms with Gasteiger partial charge in [0.05, 0.1) is 24.9 Å². The van der Waals surface area contributed by atoms with E-state index in [0.717, 1.165) is 40.9 Å². The largest absolute Gasteiger partial charge is 0.496 e. The summed E-state index contributed by atoms with van der Waals surface area (Å²) in [6, 6.07) is 3.53. The molecule has 14 heteroatoms. The van der Waals surface area contributed by atoms with Crippen molar-refractivity contribution in [3.63, 3.8) is 0 Å². The first-order valence-electron chi connectivity index (χ1n) is 18.7. The zero-order valence-corrected chi connectivity index (χ0v) is 32.9. The number of benzene rings is 1. The number of hydrogen-bond acceptors (Lipinski definition) is 10. The number of ether oxygens (including phenoxy) is 3. The van der Waals surface area contributed by atoms with Gasteiger partial charge in [-0.15, -0.1) is 11.3 Å². The van der Waals surface area contributed by atoms with Crippen molar-refractivity contribution in [2.24, 2.45) is 5.92 Å². The number of aromatic nitrogens is 2. The van der Waals surface area contributed by atoms with Gasteiger partial charge in [-0.2, -0.15) is 0 Å². The molecule has 3 N–H and O–H groups in total.